The maximum absolute atomic E-state index is 12.0. The van der Waals surface area contributed by atoms with E-state index in [0.29, 0.717) is 11.8 Å². The minimum absolute atomic E-state index is 0.0742. The van der Waals surface area contributed by atoms with E-state index in [9.17, 15) is 4.79 Å². The molecule has 15 heavy (non-hydrogen) atoms. The lowest BCUT2D eigenvalue weighted by Crippen LogP contribution is -2.50. The number of carbonyl (C=O) groups excluding carboxylic acids is 1. The van der Waals surface area contributed by atoms with Gasteiger partial charge in [-0.25, -0.2) is 0 Å². The number of likely N-dealkylation sites (N-methyl/N-ethyl adjacent to an activating group) is 1. The van der Waals surface area contributed by atoms with Crippen LogP contribution in [-0.2, 0) is 4.79 Å². The molecule has 0 aromatic heterocycles. The van der Waals surface area contributed by atoms with Gasteiger partial charge in [0.1, 0.15) is 0 Å². The van der Waals surface area contributed by atoms with Crippen LogP contribution in [0.4, 0.5) is 0 Å². The fraction of sp³-hybridized carbons (Fsp3) is 0.917. The predicted molar refractivity (Wildman–Crippen MR) is 60.5 cm³/mol. The highest BCUT2D eigenvalue weighted by Crippen LogP contribution is 2.37. The number of amides is 1. The summed E-state index contributed by atoms with van der Waals surface area (Å²) in [6.45, 7) is 4.23. The number of nitrogens with one attached hydrogen (secondary N) is 1. The molecule has 2 unspecified atom stereocenters. The highest BCUT2D eigenvalue weighted by atomic mass is 16.2. The van der Waals surface area contributed by atoms with Crippen molar-refractivity contribution in [2.75, 3.05) is 20.1 Å². The molecule has 0 spiro atoms. The fourth-order valence-electron chi connectivity index (χ4n) is 2.55. The van der Waals surface area contributed by atoms with Crippen molar-refractivity contribution < 1.29 is 4.79 Å². The van der Waals surface area contributed by atoms with Crippen LogP contribution in [0, 0.1) is 11.8 Å². The van der Waals surface area contributed by atoms with E-state index < -0.39 is 0 Å². The monoisotopic (exact) mass is 210 g/mol. The Bertz CT molecular complexity index is 238. The van der Waals surface area contributed by atoms with Crippen LogP contribution in [-0.4, -0.2) is 37.0 Å². The number of nitrogens with zero attached hydrogens (tertiary/aromatic N) is 1. The van der Waals surface area contributed by atoms with Gasteiger partial charge in [-0.15, -0.1) is 0 Å². The van der Waals surface area contributed by atoms with Gasteiger partial charge in [-0.2, -0.15) is 0 Å². The second-order valence-electron chi connectivity index (χ2n) is 5.08. The van der Waals surface area contributed by atoms with Gasteiger partial charge < -0.3 is 10.2 Å². The van der Waals surface area contributed by atoms with Crippen LogP contribution in [0.15, 0.2) is 0 Å². The van der Waals surface area contributed by atoms with Crippen molar-refractivity contribution in [1.82, 2.24) is 10.2 Å². The Morgan fingerprint density at radius 1 is 1.47 bits per heavy atom. The summed E-state index contributed by atoms with van der Waals surface area (Å²) in [5.41, 5.74) is 0. The average molecular weight is 210 g/mol. The Morgan fingerprint density at radius 3 is 2.80 bits per heavy atom. The summed E-state index contributed by atoms with van der Waals surface area (Å²) < 4.78 is 0. The maximum atomic E-state index is 12.0. The van der Waals surface area contributed by atoms with Gasteiger partial charge in [-0.3, -0.25) is 4.79 Å². The first-order chi connectivity index (χ1) is 7.22. The number of rotatable bonds is 4. The van der Waals surface area contributed by atoms with E-state index in [1.54, 1.807) is 0 Å². The van der Waals surface area contributed by atoms with Crippen molar-refractivity contribution >= 4 is 5.91 Å². The van der Waals surface area contributed by atoms with Gasteiger partial charge in [0.05, 0.1) is 6.04 Å². The third-order valence-corrected chi connectivity index (χ3v) is 3.81. The molecular weight excluding hydrogens is 188 g/mol. The summed E-state index contributed by atoms with van der Waals surface area (Å²) >= 11 is 0. The zero-order valence-corrected chi connectivity index (χ0v) is 9.83. The van der Waals surface area contributed by atoms with Crippen LogP contribution in [0.25, 0.3) is 0 Å². The Kier molecular flexibility index (Phi) is 3.29. The molecule has 0 aromatic rings. The highest BCUT2D eigenvalue weighted by molar-refractivity contribution is 5.82. The molecule has 2 aliphatic rings. The Labute approximate surface area is 92.2 Å². The number of carbonyl (C=O) groups is 1. The van der Waals surface area contributed by atoms with Gasteiger partial charge in [0.15, 0.2) is 0 Å². The molecule has 1 heterocycles. The smallest absolute Gasteiger partial charge is 0.239 e. The maximum Gasteiger partial charge on any atom is 0.239 e. The summed E-state index contributed by atoms with van der Waals surface area (Å²) in [6.07, 6.45) is 4.90. The molecule has 2 fully saturated rings. The minimum Gasteiger partial charge on any atom is -0.341 e. The van der Waals surface area contributed by atoms with E-state index in [0.717, 1.165) is 31.8 Å². The van der Waals surface area contributed by atoms with E-state index in [1.807, 2.05) is 7.05 Å². The first-order valence-corrected chi connectivity index (χ1v) is 6.18. The van der Waals surface area contributed by atoms with Crippen molar-refractivity contribution in [3.05, 3.63) is 0 Å². The van der Waals surface area contributed by atoms with Crippen molar-refractivity contribution in [1.29, 1.82) is 0 Å². The first kappa shape index (κ1) is 10.9. The zero-order chi connectivity index (χ0) is 10.8. The van der Waals surface area contributed by atoms with Gasteiger partial charge in [-0.05, 0) is 44.6 Å². The van der Waals surface area contributed by atoms with Gasteiger partial charge >= 0.3 is 0 Å². The third kappa shape index (κ3) is 2.51. The lowest BCUT2D eigenvalue weighted by Gasteiger charge is -2.33. The second kappa shape index (κ2) is 4.52. The molecule has 1 aliphatic heterocycles. The predicted octanol–water partition coefficient (Wildman–Crippen LogP) is 1.24. The lowest BCUT2D eigenvalue weighted by molar-refractivity contribution is -0.136. The number of piperidine rings is 1. The third-order valence-electron chi connectivity index (χ3n) is 3.81. The standard InChI is InChI=1S/C12H22N2O/c1-9(10-5-6-10)8-14-7-3-4-11(13-2)12(14)15/h9-11,13H,3-8H2,1-2H3. The fourth-order valence-corrected chi connectivity index (χ4v) is 2.55. The van der Waals surface area contributed by atoms with Crippen LogP contribution in [0.3, 0.4) is 0 Å². The normalized spacial score (nSPS) is 29.3. The van der Waals surface area contributed by atoms with Crippen molar-refractivity contribution in [3.8, 4) is 0 Å². The molecule has 1 amide bonds. The molecule has 0 bridgehead atoms. The first-order valence-electron chi connectivity index (χ1n) is 6.18. The van der Waals surface area contributed by atoms with Gasteiger partial charge in [0.2, 0.25) is 5.91 Å². The molecule has 1 saturated carbocycles. The van der Waals surface area contributed by atoms with E-state index in [2.05, 4.69) is 17.1 Å². The van der Waals surface area contributed by atoms with E-state index in [-0.39, 0.29) is 6.04 Å². The number of hydrogen-bond acceptors (Lipinski definition) is 2. The molecule has 0 aromatic carbocycles. The lowest BCUT2D eigenvalue weighted by atomic mass is 10.0. The summed E-state index contributed by atoms with van der Waals surface area (Å²) in [5, 5.41) is 3.11. The molecule has 3 nitrogen and oxygen atoms in total. The quantitative estimate of drug-likeness (QED) is 0.757. The topological polar surface area (TPSA) is 32.3 Å². The second-order valence-corrected chi connectivity index (χ2v) is 5.08. The SMILES string of the molecule is CNC1CCCN(CC(C)C2CC2)C1=O. The molecule has 1 aliphatic carbocycles. The molecule has 3 heteroatoms. The zero-order valence-electron chi connectivity index (χ0n) is 9.83. The van der Waals surface area contributed by atoms with Crippen LogP contribution in [0.2, 0.25) is 0 Å². The molecule has 86 valence electrons. The van der Waals surface area contributed by atoms with Crippen LogP contribution in [0.1, 0.15) is 32.6 Å². The molecule has 2 atom stereocenters. The van der Waals surface area contributed by atoms with Gasteiger partial charge in [0, 0.05) is 13.1 Å². The summed E-state index contributed by atoms with van der Waals surface area (Å²) in [6, 6.07) is 0.0742. The van der Waals surface area contributed by atoms with E-state index in [1.165, 1.54) is 12.8 Å². The number of likely N-dealkylation sites (tertiary alicyclic amines) is 1. The summed E-state index contributed by atoms with van der Waals surface area (Å²) in [7, 11) is 1.89. The van der Waals surface area contributed by atoms with E-state index >= 15 is 0 Å². The Balaban J connectivity index is 1.87. The van der Waals surface area contributed by atoms with Crippen molar-refractivity contribution in [2.45, 2.75) is 38.6 Å². The molecule has 1 N–H and O–H groups in total. The minimum atomic E-state index is 0.0742. The van der Waals surface area contributed by atoms with Crippen LogP contribution >= 0.6 is 0 Å². The van der Waals surface area contributed by atoms with Crippen LogP contribution in [0.5, 0.6) is 0 Å². The Morgan fingerprint density at radius 2 is 2.20 bits per heavy atom. The van der Waals surface area contributed by atoms with Crippen molar-refractivity contribution in [3.63, 3.8) is 0 Å². The largest absolute Gasteiger partial charge is 0.341 e. The molecule has 2 rings (SSSR count). The molecular formula is C12H22N2O. The molecule has 0 radical (unpaired) electrons. The Hall–Kier alpha value is -0.570. The van der Waals surface area contributed by atoms with Crippen molar-refractivity contribution in [2.24, 2.45) is 11.8 Å². The molecule has 1 saturated heterocycles. The van der Waals surface area contributed by atoms with Crippen LogP contribution < -0.4 is 5.32 Å². The highest BCUT2D eigenvalue weighted by Gasteiger charge is 2.33. The summed E-state index contributed by atoms with van der Waals surface area (Å²) in [5.74, 6) is 1.91. The number of hydrogen-bond donors (Lipinski definition) is 1. The van der Waals surface area contributed by atoms with Gasteiger partial charge in [0.25, 0.3) is 0 Å². The van der Waals surface area contributed by atoms with Gasteiger partial charge in [-0.1, -0.05) is 6.92 Å². The van der Waals surface area contributed by atoms with E-state index in [4.69, 9.17) is 0 Å². The summed E-state index contributed by atoms with van der Waals surface area (Å²) in [4.78, 5) is 14.1. The average Bonchev–Trinajstić information content (AvgIpc) is 3.04.